The Morgan fingerprint density at radius 3 is 2.95 bits per heavy atom. The molecule has 0 spiro atoms. The third-order valence-electron chi connectivity index (χ3n) is 3.12. The van der Waals surface area contributed by atoms with E-state index in [-0.39, 0.29) is 0 Å². The normalized spacial score (nSPS) is 11.2. The minimum atomic E-state index is 0.517. The van der Waals surface area contributed by atoms with Crippen LogP contribution in [0.4, 0.5) is 0 Å². The van der Waals surface area contributed by atoms with Crippen molar-refractivity contribution < 1.29 is 0 Å². The zero-order valence-electron chi connectivity index (χ0n) is 12.5. The van der Waals surface area contributed by atoms with E-state index in [1.807, 2.05) is 24.2 Å². The summed E-state index contributed by atoms with van der Waals surface area (Å²) in [4.78, 5) is 5.72. The molecule has 0 aliphatic carbocycles. The van der Waals surface area contributed by atoms with Crippen LogP contribution in [0.25, 0.3) is 0 Å². The number of nitrogens with zero attached hydrogens (tertiary/aromatic N) is 2. The molecule has 2 rings (SSSR count). The lowest BCUT2D eigenvalue weighted by Gasteiger charge is -2.09. The van der Waals surface area contributed by atoms with Gasteiger partial charge in [0.05, 0.1) is 5.75 Å². The fraction of sp³-hybridized carbons (Fsp3) is 0.438. The molecular weight excluding hydrogens is 266 g/mol. The molecule has 2 aromatic rings. The molecular formula is C16H23N3S. The number of hydrogen-bond donors (Lipinski definition) is 1. The maximum absolute atomic E-state index is 4.41. The van der Waals surface area contributed by atoms with Gasteiger partial charge in [0.1, 0.15) is 5.82 Å². The molecule has 0 bridgehead atoms. The summed E-state index contributed by atoms with van der Waals surface area (Å²) in [5.41, 5.74) is 1.34. The van der Waals surface area contributed by atoms with Crippen LogP contribution in [-0.2, 0) is 18.8 Å². The molecule has 108 valence electrons. The molecule has 1 aromatic carbocycles. The molecule has 1 heterocycles. The standard InChI is InChI=1S/C16H23N3S/c1-4-19-9-8-17-16(19)12-20-15-7-5-6-14(10-15)11-18-13(2)3/h5-10,13,18H,4,11-12H2,1-3H3. The first-order chi connectivity index (χ1) is 9.69. The van der Waals surface area contributed by atoms with Gasteiger partial charge >= 0.3 is 0 Å². The van der Waals surface area contributed by atoms with Crippen molar-refractivity contribution in [2.75, 3.05) is 0 Å². The second kappa shape index (κ2) is 7.50. The highest BCUT2D eigenvalue weighted by atomic mass is 32.2. The summed E-state index contributed by atoms with van der Waals surface area (Å²) in [5, 5.41) is 3.45. The molecule has 4 heteroatoms. The quantitative estimate of drug-likeness (QED) is 0.788. The Hall–Kier alpha value is -1.26. The van der Waals surface area contributed by atoms with E-state index in [0.29, 0.717) is 6.04 Å². The highest BCUT2D eigenvalue weighted by Crippen LogP contribution is 2.23. The molecule has 0 unspecified atom stereocenters. The van der Waals surface area contributed by atoms with E-state index < -0.39 is 0 Å². The fourth-order valence-corrected chi connectivity index (χ4v) is 2.93. The van der Waals surface area contributed by atoms with Crippen LogP contribution in [0.5, 0.6) is 0 Å². The molecule has 0 aliphatic heterocycles. The molecule has 0 amide bonds. The van der Waals surface area contributed by atoms with Crippen LogP contribution in [-0.4, -0.2) is 15.6 Å². The minimum Gasteiger partial charge on any atom is -0.335 e. The monoisotopic (exact) mass is 289 g/mol. The SMILES string of the molecule is CCn1ccnc1CSc1cccc(CNC(C)C)c1. The van der Waals surface area contributed by atoms with Crippen molar-refractivity contribution >= 4 is 11.8 Å². The Bertz CT molecular complexity index is 534. The maximum atomic E-state index is 4.41. The van der Waals surface area contributed by atoms with Crippen molar-refractivity contribution in [3.8, 4) is 0 Å². The van der Waals surface area contributed by atoms with E-state index >= 15 is 0 Å². The lowest BCUT2D eigenvalue weighted by molar-refractivity contribution is 0.588. The summed E-state index contributed by atoms with van der Waals surface area (Å²) in [5.74, 6) is 2.06. The number of thioether (sulfide) groups is 1. The maximum Gasteiger partial charge on any atom is 0.119 e. The van der Waals surface area contributed by atoms with Gasteiger partial charge < -0.3 is 9.88 Å². The van der Waals surface area contributed by atoms with Gasteiger partial charge in [-0.2, -0.15) is 0 Å². The van der Waals surface area contributed by atoms with E-state index in [0.717, 1.165) is 24.7 Å². The zero-order chi connectivity index (χ0) is 14.4. The predicted octanol–water partition coefficient (Wildman–Crippen LogP) is 3.69. The first-order valence-corrected chi connectivity index (χ1v) is 8.12. The topological polar surface area (TPSA) is 29.9 Å². The van der Waals surface area contributed by atoms with Gasteiger partial charge in [-0.3, -0.25) is 0 Å². The molecule has 0 saturated heterocycles. The van der Waals surface area contributed by atoms with Crippen molar-refractivity contribution in [3.63, 3.8) is 0 Å². The van der Waals surface area contributed by atoms with Crippen LogP contribution < -0.4 is 5.32 Å². The average Bonchev–Trinajstić information content (AvgIpc) is 2.91. The summed E-state index contributed by atoms with van der Waals surface area (Å²) in [7, 11) is 0. The number of rotatable bonds is 7. The van der Waals surface area contributed by atoms with Gasteiger partial charge in [-0.1, -0.05) is 26.0 Å². The van der Waals surface area contributed by atoms with Gasteiger partial charge in [-0.05, 0) is 24.6 Å². The van der Waals surface area contributed by atoms with E-state index in [1.165, 1.54) is 10.5 Å². The molecule has 0 fully saturated rings. The van der Waals surface area contributed by atoms with E-state index in [9.17, 15) is 0 Å². The second-order valence-electron chi connectivity index (χ2n) is 5.10. The lowest BCUT2D eigenvalue weighted by Crippen LogP contribution is -2.21. The molecule has 1 N–H and O–H groups in total. The van der Waals surface area contributed by atoms with Crippen molar-refractivity contribution in [2.24, 2.45) is 0 Å². The van der Waals surface area contributed by atoms with Crippen LogP contribution >= 0.6 is 11.8 Å². The molecule has 0 radical (unpaired) electrons. The Labute approximate surface area is 125 Å². The molecule has 0 saturated carbocycles. The third-order valence-corrected chi connectivity index (χ3v) is 4.11. The van der Waals surface area contributed by atoms with Crippen LogP contribution in [0.3, 0.4) is 0 Å². The first-order valence-electron chi connectivity index (χ1n) is 7.14. The number of aromatic nitrogens is 2. The highest BCUT2D eigenvalue weighted by Gasteiger charge is 2.03. The number of hydrogen-bond acceptors (Lipinski definition) is 3. The highest BCUT2D eigenvalue weighted by molar-refractivity contribution is 7.98. The third kappa shape index (κ3) is 4.39. The van der Waals surface area contributed by atoms with Crippen molar-refractivity contribution in [2.45, 2.75) is 50.6 Å². The molecule has 3 nitrogen and oxygen atoms in total. The molecule has 0 aliphatic rings. The zero-order valence-corrected chi connectivity index (χ0v) is 13.3. The van der Waals surface area contributed by atoms with Crippen molar-refractivity contribution in [1.82, 2.24) is 14.9 Å². The fourth-order valence-electron chi connectivity index (χ4n) is 1.98. The van der Waals surface area contributed by atoms with Crippen LogP contribution in [0.1, 0.15) is 32.2 Å². The van der Waals surface area contributed by atoms with E-state index in [4.69, 9.17) is 0 Å². The summed E-state index contributed by atoms with van der Waals surface area (Å²) >= 11 is 1.84. The van der Waals surface area contributed by atoms with E-state index in [1.54, 1.807) is 0 Å². The van der Waals surface area contributed by atoms with Gasteiger partial charge in [0.25, 0.3) is 0 Å². The van der Waals surface area contributed by atoms with Crippen molar-refractivity contribution in [3.05, 3.63) is 48.0 Å². The summed E-state index contributed by atoms with van der Waals surface area (Å²) in [6.45, 7) is 8.39. The van der Waals surface area contributed by atoms with Gasteiger partial charge in [-0.15, -0.1) is 11.8 Å². The lowest BCUT2D eigenvalue weighted by atomic mass is 10.2. The summed E-state index contributed by atoms with van der Waals surface area (Å²) < 4.78 is 2.19. The predicted molar refractivity (Wildman–Crippen MR) is 85.9 cm³/mol. The number of nitrogens with one attached hydrogen (secondary N) is 1. The van der Waals surface area contributed by atoms with E-state index in [2.05, 4.69) is 59.9 Å². The smallest absolute Gasteiger partial charge is 0.119 e. The molecule has 0 atom stereocenters. The Kier molecular flexibility index (Phi) is 5.68. The number of imidazole rings is 1. The van der Waals surface area contributed by atoms with Crippen molar-refractivity contribution in [1.29, 1.82) is 0 Å². The molecule has 20 heavy (non-hydrogen) atoms. The van der Waals surface area contributed by atoms with Gasteiger partial charge in [0, 0.05) is 36.4 Å². The summed E-state index contributed by atoms with van der Waals surface area (Å²) in [6, 6.07) is 9.25. The van der Waals surface area contributed by atoms with Gasteiger partial charge in [0.15, 0.2) is 0 Å². The Balaban J connectivity index is 1.94. The first kappa shape index (κ1) is 15.1. The minimum absolute atomic E-state index is 0.517. The number of aryl methyl sites for hydroxylation is 1. The summed E-state index contributed by atoms with van der Waals surface area (Å²) in [6.07, 6.45) is 3.92. The number of benzene rings is 1. The van der Waals surface area contributed by atoms with Crippen LogP contribution in [0.2, 0.25) is 0 Å². The average molecular weight is 289 g/mol. The van der Waals surface area contributed by atoms with Crippen LogP contribution in [0.15, 0.2) is 41.6 Å². The Morgan fingerprint density at radius 1 is 1.35 bits per heavy atom. The van der Waals surface area contributed by atoms with Gasteiger partial charge in [0.2, 0.25) is 0 Å². The molecule has 1 aromatic heterocycles. The van der Waals surface area contributed by atoms with Crippen LogP contribution in [0, 0.1) is 0 Å². The Morgan fingerprint density at radius 2 is 2.20 bits per heavy atom. The van der Waals surface area contributed by atoms with Gasteiger partial charge in [-0.25, -0.2) is 4.98 Å². The largest absolute Gasteiger partial charge is 0.335 e. The second-order valence-corrected chi connectivity index (χ2v) is 6.15.